The fraction of sp³-hybridized carbons (Fsp3) is 0.600. The standard InChI is InChI=1S/C15H22Cl2N2/c1-19-8-5-12(6-9-19)4-7-18-11-13-10-14(16)2-3-15(13)17/h2-3,10,12,18H,4-9,11H2,1H3. The Bertz CT molecular complexity index is 401. The fourth-order valence-corrected chi connectivity index (χ4v) is 2.94. The van der Waals surface area contributed by atoms with Gasteiger partial charge in [0, 0.05) is 16.6 Å². The van der Waals surface area contributed by atoms with E-state index in [9.17, 15) is 0 Å². The van der Waals surface area contributed by atoms with Crippen LogP contribution in [0.25, 0.3) is 0 Å². The summed E-state index contributed by atoms with van der Waals surface area (Å²) in [4.78, 5) is 2.41. The van der Waals surface area contributed by atoms with Crippen LogP contribution in [0.3, 0.4) is 0 Å². The Morgan fingerprint density at radius 1 is 1.26 bits per heavy atom. The number of benzene rings is 1. The van der Waals surface area contributed by atoms with Gasteiger partial charge in [-0.05, 0) is 75.6 Å². The summed E-state index contributed by atoms with van der Waals surface area (Å²) >= 11 is 12.1. The van der Waals surface area contributed by atoms with E-state index in [1.165, 1.54) is 32.4 Å². The summed E-state index contributed by atoms with van der Waals surface area (Å²) in [6, 6.07) is 5.62. The molecule has 0 saturated carbocycles. The van der Waals surface area contributed by atoms with Crippen LogP contribution in [0.2, 0.25) is 10.0 Å². The minimum Gasteiger partial charge on any atom is -0.313 e. The van der Waals surface area contributed by atoms with Gasteiger partial charge in [-0.25, -0.2) is 0 Å². The van der Waals surface area contributed by atoms with E-state index < -0.39 is 0 Å². The predicted octanol–water partition coefficient (Wildman–Crippen LogP) is 3.81. The van der Waals surface area contributed by atoms with Gasteiger partial charge in [-0.2, -0.15) is 0 Å². The number of halogens is 2. The van der Waals surface area contributed by atoms with Crippen LogP contribution in [0.15, 0.2) is 18.2 Å². The van der Waals surface area contributed by atoms with E-state index in [2.05, 4.69) is 17.3 Å². The van der Waals surface area contributed by atoms with E-state index in [4.69, 9.17) is 23.2 Å². The van der Waals surface area contributed by atoms with Crippen LogP contribution in [0.5, 0.6) is 0 Å². The Morgan fingerprint density at radius 2 is 2.00 bits per heavy atom. The summed E-state index contributed by atoms with van der Waals surface area (Å²) in [6.07, 6.45) is 3.91. The van der Waals surface area contributed by atoms with Crippen molar-refractivity contribution in [2.75, 3.05) is 26.7 Å². The number of nitrogens with zero attached hydrogens (tertiary/aromatic N) is 1. The van der Waals surface area contributed by atoms with E-state index >= 15 is 0 Å². The average Bonchev–Trinajstić information content (AvgIpc) is 2.40. The average molecular weight is 301 g/mol. The highest BCUT2D eigenvalue weighted by Crippen LogP contribution is 2.21. The van der Waals surface area contributed by atoms with Crippen LogP contribution in [-0.4, -0.2) is 31.6 Å². The first-order chi connectivity index (χ1) is 9.15. The SMILES string of the molecule is CN1CCC(CCNCc2cc(Cl)ccc2Cl)CC1. The minimum atomic E-state index is 0.747. The second-order valence-corrected chi connectivity index (χ2v) is 6.29. The van der Waals surface area contributed by atoms with Crippen molar-refractivity contribution in [3.8, 4) is 0 Å². The van der Waals surface area contributed by atoms with E-state index in [0.717, 1.165) is 34.6 Å². The molecule has 1 aliphatic heterocycles. The molecule has 0 spiro atoms. The van der Waals surface area contributed by atoms with Crippen molar-refractivity contribution >= 4 is 23.2 Å². The highest BCUT2D eigenvalue weighted by molar-refractivity contribution is 6.33. The highest BCUT2D eigenvalue weighted by atomic mass is 35.5. The maximum atomic E-state index is 6.14. The van der Waals surface area contributed by atoms with Gasteiger partial charge in [0.2, 0.25) is 0 Å². The molecule has 1 heterocycles. The second-order valence-electron chi connectivity index (χ2n) is 5.45. The third-order valence-electron chi connectivity index (χ3n) is 3.89. The summed E-state index contributed by atoms with van der Waals surface area (Å²) in [5, 5.41) is 5.01. The molecule has 1 fully saturated rings. The van der Waals surface area contributed by atoms with Gasteiger partial charge in [-0.3, -0.25) is 0 Å². The van der Waals surface area contributed by atoms with Gasteiger partial charge in [-0.1, -0.05) is 23.2 Å². The summed E-state index contributed by atoms with van der Waals surface area (Å²) in [5.41, 5.74) is 1.08. The number of rotatable bonds is 5. The Kier molecular flexibility index (Phi) is 5.96. The molecular formula is C15H22Cl2N2. The molecule has 1 aromatic carbocycles. The van der Waals surface area contributed by atoms with Crippen molar-refractivity contribution in [1.29, 1.82) is 0 Å². The van der Waals surface area contributed by atoms with Crippen LogP contribution in [0, 0.1) is 5.92 Å². The smallest absolute Gasteiger partial charge is 0.0451 e. The first-order valence-electron chi connectivity index (χ1n) is 6.98. The van der Waals surface area contributed by atoms with Crippen molar-refractivity contribution in [2.24, 2.45) is 5.92 Å². The van der Waals surface area contributed by atoms with Crippen LogP contribution < -0.4 is 5.32 Å². The van der Waals surface area contributed by atoms with Crippen molar-refractivity contribution in [3.05, 3.63) is 33.8 Å². The zero-order valence-corrected chi connectivity index (χ0v) is 13.0. The van der Waals surface area contributed by atoms with Crippen molar-refractivity contribution in [1.82, 2.24) is 10.2 Å². The van der Waals surface area contributed by atoms with Crippen molar-refractivity contribution in [2.45, 2.75) is 25.8 Å². The van der Waals surface area contributed by atoms with Crippen LogP contribution in [-0.2, 0) is 6.54 Å². The third-order valence-corrected chi connectivity index (χ3v) is 4.49. The molecule has 0 unspecified atom stereocenters. The molecule has 0 aromatic heterocycles. The Morgan fingerprint density at radius 3 is 2.74 bits per heavy atom. The number of hydrogen-bond donors (Lipinski definition) is 1. The normalized spacial score (nSPS) is 17.8. The molecule has 4 heteroatoms. The second kappa shape index (κ2) is 7.49. The van der Waals surface area contributed by atoms with E-state index in [0.29, 0.717) is 0 Å². The largest absolute Gasteiger partial charge is 0.313 e. The van der Waals surface area contributed by atoms with Gasteiger partial charge in [0.25, 0.3) is 0 Å². The zero-order chi connectivity index (χ0) is 13.7. The minimum absolute atomic E-state index is 0.747. The third kappa shape index (κ3) is 4.96. The monoisotopic (exact) mass is 300 g/mol. The molecule has 0 bridgehead atoms. The topological polar surface area (TPSA) is 15.3 Å². The summed E-state index contributed by atoms with van der Waals surface area (Å²) in [7, 11) is 2.20. The van der Waals surface area contributed by atoms with Gasteiger partial charge in [0.15, 0.2) is 0 Å². The zero-order valence-electron chi connectivity index (χ0n) is 11.5. The van der Waals surface area contributed by atoms with Gasteiger partial charge >= 0.3 is 0 Å². The van der Waals surface area contributed by atoms with Crippen molar-refractivity contribution in [3.63, 3.8) is 0 Å². The molecule has 0 atom stereocenters. The Labute approximate surface area is 126 Å². The number of nitrogens with one attached hydrogen (secondary N) is 1. The van der Waals surface area contributed by atoms with Gasteiger partial charge in [0.1, 0.15) is 0 Å². The molecule has 106 valence electrons. The molecule has 0 radical (unpaired) electrons. The highest BCUT2D eigenvalue weighted by Gasteiger charge is 2.15. The maximum absolute atomic E-state index is 6.14. The molecule has 1 saturated heterocycles. The quantitative estimate of drug-likeness (QED) is 0.832. The lowest BCUT2D eigenvalue weighted by Crippen LogP contribution is -2.31. The van der Waals surface area contributed by atoms with Gasteiger partial charge < -0.3 is 10.2 Å². The van der Waals surface area contributed by atoms with Gasteiger partial charge in [-0.15, -0.1) is 0 Å². The predicted molar refractivity (Wildman–Crippen MR) is 83.0 cm³/mol. The summed E-state index contributed by atoms with van der Waals surface area (Å²) < 4.78 is 0. The van der Waals surface area contributed by atoms with E-state index in [1.807, 2.05) is 18.2 Å². The van der Waals surface area contributed by atoms with Crippen molar-refractivity contribution < 1.29 is 0 Å². The van der Waals surface area contributed by atoms with E-state index in [1.54, 1.807) is 0 Å². The lowest BCUT2D eigenvalue weighted by Gasteiger charge is -2.28. The fourth-order valence-electron chi connectivity index (χ4n) is 2.56. The first-order valence-corrected chi connectivity index (χ1v) is 7.74. The van der Waals surface area contributed by atoms with Crippen LogP contribution >= 0.6 is 23.2 Å². The van der Waals surface area contributed by atoms with E-state index in [-0.39, 0.29) is 0 Å². The number of hydrogen-bond acceptors (Lipinski definition) is 2. The molecule has 1 N–H and O–H groups in total. The number of likely N-dealkylation sites (tertiary alicyclic amines) is 1. The molecule has 1 aromatic rings. The Hall–Kier alpha value is -0.280. The van der Waals surface area contributed by atoms with Crippen LogP contribution in [0.4, 0.5) is 0 Å². The molecule has 2 nitrogen and oxygen atoms in total. The molecule has 0 amide bonds. The maximum Gasteiger partial charge on any atom is 0.0451 e. The molecular weight excluding hydrogens is 279 g/mol. The van der Waals surface area contributed by atoms with Gasteiger partial charge in [0.05, 0.1) is 0 Å². The lowest BCUT2D eigenvalue weighted by atomic mass is 9.94. The Balaban J connectivity index is 1.68. The molecule has 0 aliphatic carbocycles. The number of piperidine rings is 1. The molecule has 19 heavy (non-hydrogen) atoms. The lowest BCUT2D eigenvalue weighted by molar-refractivity contribution is 0.211. The van der Waals surface area contributed by atoms with Crippen LogP contribution in [0.1, 0.15) is 24.8 Å². The molecule has 2 rings (SSSR count). The summed E-state index contributed by atoms with van der Waals surface area (Å²) in [6.45, 7) is 4.33. The first kappa shape index (κ1) is 15.1. The molecule has 1 aliphatic rings. The summed E-state index contributed by atoms with van der Waals surface area (Å²) in [5.74, 6) is 0.874.